The maximum atomic E-state index is 6.09. The first-order valence-electron chi connectivity index (χ1n) is 7.53. The molecule has 0 saturated carbocycles. The Hall–Kier alpha value is -1.31. The summed E-state index contributed by atoms with van der Waals surface area (Å²) < 4.78 is 0. The molecule has 0 heterocycles. The number of benzene rings is 2. The van der Waals surface area contributed by atoms with E-state index in [2.05, 4.69) is 49.5 Å². The molecule has 0 spiro atoms. The molecule has 0 saturated heterocycles. The highest BCUT2D eigenvalue weighted by Crippen LogP contribution is 2.19. The van der Waals surface area contributed by atoms with Gasteiger partial charge in [-0.25, -0.2) is 0 Å². The molecule has 0 aliphatic heterocycles. The molecule has 0 radical (unpaired) electrons. The van der Waals surface area contributed by atoms with Crippen molar-refractivity contribution in [3.05, 3.63) is 69.7 Å². The van der Waals surface area contributed by atoms with Gasteiger partial charge >= 0.3 is 0 Å². The van der Waals surface area contributed by atoms with Crippen LogP contribution < -0.4 is 5.32 Å². The van der Waals surface area contributed by atoms with E-state index in [0.29, 0.717) is 5.92 Å². The van der Waals surface area contributed by atoms with Gasteiger partial charge in [0, 0.05) is 5.02 Å². The van der Waals surface area contributed by atoms with Gasteiger partial charge in [0.1, 0.15) is 0 Å². The van der Waals surface area contributed by atoms with E-state index in [4.69, 9.17) is 11.6 Å². The fourth-order valence-electron chi connectivity index (χ4n) is 2.77. The Labute approximate surface area is 133 Å². The van der Waals surface area contributed by atoms with E-state index in [1.807, 2.05) is 19.2 Å². The molecule has 0 fully saturated rings. The number of hydrogen-bond donors (Lipinski definition) is 1. The highest BCUT2D eigenvalue weighted by atomic mass is 35.5. The lowest BCUT2D eigenvalue weighted by Gasteiger charge is -2.17. The van der Waals surface area contributed by atoms with Crippen LogP contribution in [0.5, 0.6) is 0 Å². The zero-order valence-corrected chi connectivity index (χ0v) is 13.9. The quantitative estimate of drug-likeness (QED) is 0.823. The van der Waals surface area contributed by atoms with Gasteiger partial charge in [0.05, 0.1) is 0 Å². The van der Waals surface area contributed by atoms with Crippen molar-refractivity contribution >= 4 is 11.6 Å². The molecule has 1 nitrogen and oxygen atoms in total. The third kappa shape index (κ3) is 4.87. The molecule has 2 aromatic rings. The van der Waals surface area contributed by atoms with E-state index < -0.39 is 0 Å². The van der Waals surface area contributed by atoms with E-state index in [9.17, 15) is 0 Å². The Morgan fingerprint density at radius 3 is 2.29 bits per heavy atom. The van der Waals surface area contributed by atoms with E-state index >= 15 is 0 Å². The fourth-order valence-corrected chi connectivity index (χ4v) is 2.98. The molecule has 0 aliphatic rings. The standard InChI is InChI=1S/C19H24ClN/c1-14-7-8-17(9-15(14)2)11-18(13-21-3)10-16-5-4-6-19(20)12-16/h4-9,12,18,21H,10-11,13H2,1-3H3. The second-order valence-corrected chi connectivity index (χ2v) is 6.32. The lowest BCUT2D eigenvalue weighted by molar-refractivity contribution is 0.493. The summed E-state index contributed by atoms with van der Waals surface area (Å²) in [7, 11) is 2.02. The summed E-state index contributed by atoms with van der Waals surface area (Å²) in [4.78, 5) is 0. The van der Waals surface area contributed by atoms with Gasteiger partial charge in [0.2, 0.25) is 0 Å². The normalized spacial score (nSPS) is 12.4. The van der Waals surface area contributed by atoms with Gasteiger partial charge in [-0.05, 0) is 80.6 Å². The van der Waals surface area contributed by atoms with Gasteiger partial charge in [0.25, 0.3) is 0 Å². The van der Waals surface area contributed by atoms with Crippen molar-refractivity contribution in [1.29, 1.82) is 0 Å². The van der Waals surface area contributed by atoms with Gasteiger partial charge in [0.15, 0.2) is 0 Å². The predicted octanol–water partition coefficient (Wildman–Crippen LogP) is 4.58. The van der Waals surface area contributed by atoms with Crippen LogP contribution in [-0.4, -0.2) is 13.6 Å². The summed E-state index contributed by atoms with van der Waals surface area (Å²) in [6, 6.07) is 15.0. The second kappa shape index (κ2) is 7.63. The Bertz CT molecular complexity index is 592. The van der Waals surface area contributed by atoms with E-state index in [1.165, 1.54) is 22.3 Å². The summed E-state index contributed by atoms with van der Waals surface area (Å²) in [5.41, 5.74) is 5.46. The molecule has 2 heteroatoms. The molecule has 2 aromatic carbocycles. The third-order valence-corrected chi connectivity index (χ3v) is 4.24. The topological polar surface area (TPSA) is 12.0 Å². The highest BCUT2D eigenvalue weighted by Gasteiger charge is 2.11. The van der Waals surface area contributed by atoms with Crippen molar-refractivity contribution < 1.29 is 0 Å². The summed E-state index contributed by atoms with van der Waals surface area (Å²) in [6.07, 6.45) is 2.14. The van der Waals surface area contributed by atoms with Crippen molar-refractivity contribution in [2.45, 2.75) is 26.7 Å². The second-order valence-electron chi connectivity index (χ2n) is 5.88. The molecule has 2 rings (SSSR count). The van der Waals surface area contributed by atoms with Crippen LogP contribution in [0.25, 0.3) is 0 Å². The fraction of sp³-hybridized carbons (Fsp3) is 0.368. The lowest BCUT2D eigenvalue weighted by Crippen LogP contribution is -2.22. The summed E-state index contributed by atoms with van der Waals surface area (Å²) in [5, 5.41) is 4.14. The first-order valence-corrected chi connectivity index (χ1v) is 7.91. The minimum absolute atomic E-state index is 0.579. The van der Waals surface area contributed by atoms with E-state index in [1.54, 1.807) is 0 Å². The predicted molar refractivity (Wildman–Crippen MR) is 92.2 cm³/mol. The summed E-state index contributed by atoms with van der Waals surface area (Å²) >= 11 is 6.09. The van der Waals surface area contributed by atoms with Gasteiger partial charge in [-0.2, -0.15) is 0 Å². The Morgan fingerprint density at radius 1 is 0.952 bits per heavy atom. The van der Waals surface area contributed by atoms with Crippen LogP contribution >= 0.6 is 11.6 Å². The number of halogens is 1. The first kappa shape index (κ1) is 16.1. The highest BCUT2D eigenvalue weighted by molar-refractivity contribution is 6.30. The van der Waals surface area contributed by atoms with Crippen LogP contribution in [0, 0.1) is 19.8 Å². The largest absolute Gasteiger partial charge is 0.319 e. The van der Waals surface area contributed by atoms with Crippen molar-refractivity contribution in [2.24, 2.45) is 5.92 Å². The average molecular weight is 302 g/mol. The Kier molecular flexibility index (Phi) is 5.84. The zero-order chi connectivity index (χ0) is 15.2. The number of hydrogen-bond acceptors (Lipinski definition) is 1. The van der Waals surface area contributed by atoms with Crippen LogP contribution in [0.15, 0.2) is 42.5 Å². The van der Waals surface area contributed by atoms with Crippen molar-refractivity contribution in [3.8, 4) is 0 Å². The molecular weight excluding hydrogens is 278 g/mol. The Morgan fingerprint density at radius 2 is 1.67 bits per heavy atom. The molecule has 0 bridgehead atoms. The van der Waals surface area contributed by atoms with Crippen molar-refractivity contribution in [2.75, 3.05) is 13.6 Å². The number of aryl methyl sites for hydroxylation is 2. The van der Waals surface area contributed by atoms with Gasteiger partial charge in [-0.15, -0.1) is 0 Å². The maximum Gasteiger partial charge on any atom is 0.0408 e. The van der Waals surface area contributed by atoms with Crippen LogP contribution in [0.2, 0.25) is 5.02 Å². The maximum absolute atomic E-state index is 6.09. The summed E-state index contributed by atoms with van der Waals surface area (Å²) in [6.45, 7) is 5.36. The minimum atomic E-state index is 0.579. The van der Waals surface area contributed by atoms with E-state index in [0.717, 1.165) is 24.4 Å². The molecule has 0 amide bonds. The van der Waals surface area contributed by atoms with E-state index in [-0.39, 0.29) is 0 Å². The van der Waals surface area contributed by atoms with Gasteiger partial charge in [-0.1, -0.05) is 41.9 Å². The van der Waals surface area contributed by atoms with Crippen LogP contribution in [0.4, 0.5) is 0 Å². The molecule has 0 aliphatic carbocycles. The monoisotopic (exact) mass is 301 g/mol. The minimum Gasteiger partial charge on any atom is -0.319 e. The van der Waals surface area contributed by atoms with Crippen LogP contribution in [0.3, 0.4) is 0 Å². The summed E-state index contributed by atoms with van der Waals surface area (Å²) in [5.74, 6) is 0.579. The Balaban J connectivity index is 2.09. The molecule has 0 aromatic heterocycles. The SMILES string of the molecule is CNCC(Cc1cccc(Cl)c1)Cc1ccc(C)c(C)c1. The smallest absolute Gasteiger partial charge is 0.0408 e. The van der Waals surface area contributed by atoms with Gasteiger partial charge in [-0.3, -0.25) is 0 Å². The van der Waals surface area contributed by atoms with Crippen LogP contribution in [-0.2, 0) is 12.8 Å². The van der Waals surface area contributed by atoms with Crippen molar-refractivity contribution in [1.82, 2.24) is 5.32 Å². The molecular formula is C19H24ClN. The molecule has 1 N–H and O–H groups in total. The van der Waals surface area contributed by atoms with Gasteiger partial charge < -0.3 is 5.32 Å². The molecule has 1 unspecified atom stereocenters. The lowest BCUT2D eigenvalue weighted by atomic mass is 9.91. The zero-order valence-electron chi connectivity index (χ0n) is 13.1. The third-order valence-electron chi connectivity index (χ3n) is 4.00. The molecule has 112 valence electrons. The molecule has 21 heavy (non-hydrogen) atoms. The average Bonchev–Trinajstić information content (AvgIpc) is 2.43. The first-order chi connectivity index (χ1) is 10.1. The van der Waals surface area contributed by atoms with Crippen molar-refractivity contribution in [3.63, 3.8) is 0 Å². The number of rotatable bonds is 6. The number of nitrogens with one attached hydrogen (secondary N) is 1. The van der Waals surface area contributed by atoms with Crippen LogP contribution in [0.1, 0.15) is 22.3 Å². The molecule has 1 atom stereocenters.